The Morgan fingerprint density at radius 2 is 2.29 bits per heavy atom. The largest absolute Gasteiger partial charge is 0.267 e. The number of hydrazine groups is 1. The molecule has 2 nitrogen and oxygen atoms in total. The molecule has 44 valence electrons. The second kappa shape index (κ2) is 2.93. The van der Waals surface area contributed by atoms with Crippen LogP contribution < -0.4 is 5.84 Å². The first-order valence-corrected chi connectivity index (χ1v) is 2.30. The predicted molar refractivity (Wildman–Crippen MR) is 27.1 cm³/mol. The Morgan fingerprint density at radius 1 is 1.86 bits per heavy atom. The highest BCUT2D eigenvalue weighted by Crippen LogP contribution is 1.95. The molecule has 0 aromatic heterocycles. The van der Waals surface area contributed by atoms with Gasteiger partial charge in [0.15, 0.2) is 6.30 Å². The first-order valence-electron chi connectivity index (χ1n) is 2.30. The Kier molecular flexibility index (Phi) is 2.87. The highest BCUT2D eigenvalue weighted by atomic mass is 19.1. The van der Waals surface area contributed by atoms with Crippen LogP contribution in [0.15, 0.2) is 0 Å². The van der Waals surface area contributed by atoms with Crippen LogP contribution in [-0.4, -0.2) is 18.4 Å². The molecule has 0 aromatic rings. The van der Waals surface area contributed by atoms with Crippen LogP contribution in [0.1, 0.15) is 13.3 Å². The summed E-state index contributed by atoms with van der Waals surface area (Å²) >= 11 is 0. The van der Waals surface area contributed by atoms with E-state index in [9.17, 15) is 4.39 Å². The van der Waals surface area contributed by atoms with Crippen molar-refractivity contribution in [2.24, 2.45) is 5.84 Å². The summed E-state index contributed by atoms with van der Waals surface area (Å²) in [5.41, 5.74) is 0. The van der Waals surface area contributed by atoms with Crippen LogP contribution in [0.2, 0.25) is 0 Å². The van der Waals surface area contributed by atoms with Crippen molar-refractivity contribution in [2.75, 3.05) is 7.05 Å². The quantitative estimate of drug-likeness (QED) is 0.315. The zero-order valence-electron chi connectivity index (χ0n) is 4.69. The van der Waals surface area contributed by atoms with Gasteiger partial charge in [-0.25, -0.2) is 9.40 Å². The molecule has 0 rings (SSSR count). The average Bonchev–Trinajstić information content (AvgIpc) is 1.65. The summed E-state index contributed by atoms with van der Waals surface area (Å²) in [6.07, 6.45) is -0.535. The standard InChI is InChI=1S/C4H11FN2/c1-3-4(5)7(2)6/h4H,3,6H2,1-2H3. The van der Waals surface area contributed by atoms with E-state index in [0.717, 1.165) is 5.01 Å². The Hall–Kier alpha value is -0.150. The van der Waals surface area contributed by atoms with Crippen molar-refractivity contribution in [3.63, 3.8) is 0 Å². The molecule has 0 fully saturated rings. The lowest BCUT2D eigenvalue weighted by Crippen LogP contribution is -2.33. The molecule has 0 bridgehead atoms. The summed E-state index contributed by atoms with van der Waals surface area (Å²) in [6.45, 7) is 1.74. The molecule has 0 saturated heterocycles. The van der Waals surface area contributed by atoms with Crippen molar-refractivity contribution in [2.45, 2.75) is 19.6 Å². The monoisotopic (exact) mass is 106 g/mol. The van der Waals surface area contributed by atoms with E-state index in [1.54, 1.807) is 6.92 Å². The molecule has 3 heteroatoms. The number of halogens is 1. The predicted octanol–water partition coefficient (Wildman–Crippen LogP) is 0.498. The lowest BCUT2D eigenvalue weighted by atomic mass is 10.4. The fourth-order valence-electron chi connectivity index (χ4n) is 0.288. The maximum Gasteiger partial charge on any atom is 0.165 e. The van der Waals surface area contributed by atoms with Crippen LogP contribution in [0.3, 0.4) is 0 Å². The van der Waals surface area contributed by atoms with Crippen LogP contribution in [0.4, 0.5) is 4.39 Å². The third-order valence-electron chi connectivity index (χ3n) is 0.779. The number of nitrogens with two attached hydrogens (primary N) is 1. The SMILES string of the molecule is CCC(F)N(C)N. The van der Waals surface area contributed by atoms with Crippen molar-refractivity contribution in [1.29, 1.82) is 0 Å². The third kappa shape index (κ3) is 2.53. The summed E-state index contributed by atoms with van der Waals surface area (Å²) < 4.78 is 12.1. The van der Waals surface area contributed by atoms with Gasteiger partial charge in [-0.1, -0.05) is 6.92 Å². The molecule has 7 heavy (non-hydrogen) atoms. The fraction of sp³-hybridized carbons (Fsp3) is 1.00. The number of hydrogen-bond donors (Lipinski definition) is 1. The summed E-state index contributed by atoms with van der Waals surface area (Å²) in [7, 11) is 1.51. The Morgan fingerprint density at radius 3 is 2.29 bits per heavy atom. The van der Waals surface area contributed by atoms with Gasteiger partial charge in [-0.3, -0.25) is 5.84 Å². The molecule has 0 amide bonds. The van der Waals surface area contributed by atoms with E-state index in [1.165, 1.54) is 7.05 Å². The third-order valence-corrected chi connectivity index (χ3v) is 0.779. The zero-order valence-corrected chi connectivity index (χ0v) is 4.69. The van der Waals surface area contributed by atoms with E-state index in [2.05, 4.69) is 0 Å². The highest BCUT2D eigenvalue weighted by molar-refractivity contribution is 4.42. The van der Waals surface area contributed by atoms with E-state index < -0.39 is 6.30 Å². The van der Waals surface area contributed by atoms with Gasteiger partial charge in [0.1, 0.15) is 0 Å². The molecule has 0 aliphatic heterocycles. The van der Waals surface area contributed by atoms with E-state index >= 15 is 0 Å². The zero-order chi connectivity index (χ0) is 5.86. The molecule has 0 saturated carbocycles. The Labute approximate surface area is 43.1 Å². The molecular weight excluding hydrogens is 95.1 g/mol. The Bertz CT molecular complexity index is 47.0. The number of nitrogens with zero attached hydrogens (tertiary/aromatic N) is 1. The maximum atomic E-state index is 12.1. The van der Waals surface area contributed by atoms with Gasteiger partial charge in [0.05, 0.1) is 0 Å². The summed E-state index contributed by atoms with van der Waals surface area (Å²) in [4.78, 5) is 0. The molecule has 0 aromatic carbocycles. The number of hydrogen-bond acceptors (Lipinski definition) is 2. The van der Waals surface area contributed by atoms with Crippen LogP contribution in [0, 0.1) is 0 Å². The maximum absolute atomic E-state index is 12.1. The number of rotatable bonds is 2. The lowest BCUT2D eigenvalue weighted by molar-refractivity contribution is 0.107. The molecule has 0 radical (unpaired) electrons. The van der Waals surface area contributed by atoms with Crippen molar-refractivity contribution >= 4 is 0 Å². The molecule has 0 aliphatic rings. The van der Waals surface area contributed by atoms with Crippen LogP contribution in [0.25, 0.3) is 0 Å². The minimum atomic E-state index is -0.986. The van der Waals surface area contributed by atoms with Crippen molar-refractivity contribution in [3.8, 4) is 0 Å². The molecule has 1 unspecified atom stereocenters. The van der Waals surface area contributed by atoms with Crippen LogP contribution in [-0.2, 0) is 0 Å². The van der Waals surface area contributed by atoms with Crippen molar-refractivity contribution in [1.82, 2.24) is 5.01 Å². The minimum Gasteiger partial charge on any atom is -0.267 e. The molecule has 0 heterocycles. The highest BCUT2D eigenvalue weighted by Gasteiger charge is 2.02. The van der Waals surface area contributed by atoms with E-state index in [0.29, 0.717) is 6.42 Å². The van der Waals surface area contributed by atoms with Gasteiger partial charge < -0.3 is 0 Å². The summed E-state index contributed by atoms with van der Waals surface area (Å²) in [6, 6.07) is 0. The first-order chi connectivity index (χ1) is 3.18. The number of alkyl halides is 1. The van der Waals surface area contributed by atoms with Gasteiger partial charge in [0, 0.05) is 7.05 Å². The van der Waals surface area contributed by atoms with Crippen LogP contribution in [0.5, 0.6) is 0 Å². The second-order valence-corrected chi connectivity index (χ2v) is 1.51. The summed E-state index contributed by atoms with van der Waals surface area (Å²) in [5, 5.41) is 1.06. The van der Waals surface area contributed by atoms with E-state index in [1.807, 2.05) is 0 Å². The van der Waals surface area contributed by atoms with Gasteiger partial charge in [-0.2, -0.15) is 0 Å². The van der Waals surface area contributed by atoms with Crippen molar-refractivity contribution in [3.05, 3.63) is 0 Å². The van der Waals surface area contributed by atoms with Gasteiger partial charge in [-0.05, 0) is 6.42 Å². The van der Waals surface area contributed by atoms with Gasteiger partial charge in [-0.15, -0.1) is 0 Å². The van der Waals surface area contributed by atoms with Crippen LogP contribution >= 0.6 is 0 Å². The molecule has 2 N–H and O–H groups in total. The van der Waals surface area contributed by atoms with Crippen molar-refractivity contribution < 1.29 is 4.39 Å². The van der Waals surface area contributed by atoms with Gasteiger partial charge in [0.2, 0.25) is 0 Å². The normalized spacial score (nSPS) is 15.0. The van der Waals surface area contributed by atoms with E-state index in [-0.39, 0.29) is 0 Å². The minimum absolute atomic E-state index is 0.451. The fourth-order valence-corrected chi connectivity index (χ4v) is 0.288. The van der Waals surface area contributed by atoms with Gasteiger partial charge in [0.25, 0.3) is 0 Å². The second-order valence-electron chi connectivity index (χ2n) is 1.51. The van der Waals surface area contributed by atoms with E-state index in [4.69, 9.17) is 5.84 Å². The Balaban J connectivity index is 3.14. The topological polar surface area (TPSA) is 29.3 Å². The first kappa shape index (κ1) is 6.85. The smallest absolute Gasteiger partial charge is 0.165 e. The molecular formula is C4H11FN2. The molecule has 0 spiro atoms. The lowest BCUT2D eigenvalue weighted by Gasteiger charge is -2.11. The van der Waals surface area contributed by atoms with Gasteiger partial charge >= 0.3 is 0 Å². The average molecular weight is 106 g/mol. The molecule has 1 atom stereocenters. The summed E-state index contributed by atoms with van der Waals surface area (Å²) in [5.74, 6) is 5.00. The molecule has 0 aliphatic carbocycles.